The third kappa shape index (κ3) is 6.17. The highest BCUT2D eigenvalue weighted by molar-refractivity contribution is 4.86. The minimum Gasteiger partial charge on any atom is -0.465 e. The number of rotatable bonds is 6. The minimum atomic E-state index is 0.340. The van der Waals surface area contributed by atoms with Gasteiger partial charge in [-0.15, -0.1) is 0 Å². The molecule has 0 spiro atoms. The average molecular weight is 264 g/mol. The van der Waals surface area contributed by atoms with Crippen LogP contribution in [0.15, 0.2) is 24.7 Å². The number of ether oxygens (including phenoxy) is 2. The molecule has 2 heteroatoms. The van der Waals surface area contributed by atoms with Crippen molar-refractivity contribution in [1.29, 1.82) is 0 Å². The van der Waals surface area contributed by atoms with Crippen LogP contribution in [-0.2, 0) is 9.47 Å². The molecule has 0 radical (unpaired) electrons. The lowest BCUT2D eigenvalue weighted by molar-refractivity contribution is 0.0435. The van der Waals surface area contributed by atoms with E-state index in [9.17, 15) is 0 Å². The van der Waals surface area contributed by atoms with Crippen LogP contribution in [0.25, 0.3) is 0 Å². The summed E-state index contributed by atoms with van der Waals surface area (Å²) < 4.78 is 10.7. The molecule has 0 saturated heterocycles. The Kier molecular flexibility index (Phi) is 6.91. The summed E-state index contributed by atoms with van der Waals surface area (Å²) in [5, 5.41) is 0. The van der Waals surface area contributed by atoms with Gasteiger partial charge in [-0.2, -0.15) is 0 Å². The fourth-order valence-corrected chi connectivity index (χ4v) is 3.10. The van der Waals surface area contributed by atoms with E-state index in [1.165, 1.54) is 64.2 Å². The maximum Gasteiger partial charge on any atom is 0.229 e. The highest BCUT2D eigenvalue weighted by Gasteiger charge is 2.10. The van der Waals surface area contributed by atoms with Crippen LogP contribution in [0.4, 0.5) is 0 Å². The summed E-state index contributed by atoms with van der Waals surface area (Å²) in [7, 11) is 0. The van der Waals surface area contributed by atoms with Gasteiger partial charge in [-0.05, 0) is 49.7 Å². The molecule has 0 N–H and O–H groups in total. The second-order valence-electron chi connectivity index (χ2n) is 5.90. The monoisotopic (exact) mass is 264 g/mol. The molecule has 0 heterocycles. The molecule has 2 fully saturated rings. The van der Waals surface area contributed by atoms with E-state index < -0.39 is 0 Å². The van der Waals surface area contributed by atoms with E-state index >= 15 is 0 Å². The smallest absolute Gasteiger partial charge is 0.229 e. The van der Waals surface area contributed by atoms with Gasteiger partial charge in [-0.25, -0.2) is 0 Å². The highest BCUT2D eigenvalue weighted by Crippen LogP contribution is 2.25. The van der Waals surface area contributed by atoms with Crippen LogP contribution < -0.4 is 0 Å². The molecule has 2 saturated carbocycles. The molecule has 0 amide bonds. The molecule has 0 unspecified atom stereocenters. The lowest BCUT2D eigenvalue weighted by Crippen LogP contribution is -2.03. The quantitative estimate of drug-likeness (QED) is 0.374. The first-order valence-corrected chi connectivity index (χ1v) is 8.02. The van der Waals surface area contributed by atoms with Crippen molar-refractivity contribution in [3.63, 3.8) is 0 Å². The van der Waals surface area contributed by atoms with E-state index in [1.807, 2.05) is 12.5 Å². The van der Waals surface area contributed by atoms with Gasteiger partial charge in [0.05, 0.1) is 12.5 Å². The van der Waals surface area contributed by atoms with Crippen molar-refractivity contribution in [3.05, 3.63) is 24.7 Å². The molecule has 19 heavy (non-hydrogen) atoms. The summed E-state index contributed by atoms with van der Waals surface area (Å²) in [6, 6.07) is 0. The van der Waals surface area contributed by atoms with Crippen LogP contribution in [0, 0.1) is 11.8 Å². The Balaban J connectivity index is 1.49. The van der Waals surface area contributed by atoms with Gasteiger partial charge in [0, 0.05) is 0 Å². The molecule has 0 aromatic carbocycles. The fourth-order valence-electron chi connectivity index (χ4n) is 3.10. The summed E-state index contributed by atoms with van der Waals surface area (Å²) >= 11 is 0. The first-order chi connectivity index (χ1) is 9.45. The third-order valence-electron chi connectivity index (χ3n) is 4.33. The Hall–Kier alpha value is -0.920. The van der Waals surface area contributed by atoms with Crippen LogP contribution in [0.1, 0.15) is 64.2 Å². The molecule has 0 aromatic heterocycles. The van der Waals surface area contributed by atoms with Crippen LogP contribution in [0.5, 0.6) is 0 Å². The Morgan fingerprint density at radius 3 is 1.47 bits per heavy atom. The Morgan fingerprint density at radius 1 is 0.632 bits per heavy atom. The van der Waals surface area contributed by atoms with Crippen molar-refractivity contribution in [2.45, 2.75) is 64.2 Å². The molecule has 2 nitrogen and oxygen atoms in total. The second kappa shape index (κ2) is 9.06. The molecule has 2 aliphatic rings. The van der Waals surface area contributed by atoms with Gasteiger partial charge >= 0.3 is 0 Å². The molecular formula is C17H28O2. The van der Waals surface area contributed by atoms with Gasteiger partial charge in [0.15, 0.2) is 0 Å². The molecule has 2 rings (SSSR count). The molecule has 0 bridgehead atoms. The van der Waals surface area contributed by atoms with E-state index in [4.69, 9.17) is 9.47 Å². The van der Waals surface area contributed by atoms with Gasteiger partial charge in [0.1, 0.15) is 0 Å². The summed E-state index contributed by atoms with van der Waals surface area (Å²) in [6.45, 7) is 0.340. The molecule has 0 atom stereocenters. The molecular weight excluding hydrogens is 236 g/mol. The van der Waals surface area contributed by atoms with E-state index in [0.717, 1.165) is 11.8 Å². The van der Waals surface area contributed by atoms with Crippen molar-refractivity contribution in [1.82, 2.24) is 0 Å². The third-order valence-corrected chi connectivity index (χ3v) is 4.33. The average Bonchev–Trinajstić information content (AvgIpc) is 2.48. The predicted octanol–water partition coefficient (Wildman–Crippen LogP) is 5.17. The zero-order valence-electron chi connectivity index (χ0n) is 12.1. The lowest BCUT2D eigenvalue weighted by atomic mass is 9.89. The number of hydrogen-bond donors (Lipinski definition) is 0. The molecule has 0 aliphatic heterocycles. The van der Waals surface area contributed by atoms with Gasteiger partial charge < -0.3 is 9.47 Å². The van der Waals surface area contributed by atoms with Crippen molar-refractivity contribution < 1.29 is 9.47 Å². The maximum atomic E-state index is 5.37. The SMILES string of the molecule is C(=CC1CCCCC1)OCOC=CC1CCCCC1. The first-order valence-electron chi connectivity index (χ1n) is 8.02. The van der Waals surface area contributed by atoms with E-state index in [1.54, 1.807) is 0 Å². The summed E-state index contributed by atoms with van der Waals surface area (Å²) in [5.74, 6) is 1.46. The number of allylic oxidation sites excluding steroid dienone is 2. The van der Waals surface area contributed by atoms with Crippen LogP contribution in [0.2, 0.25) is 0 Å². The fraction of sp³-hybridized carbons (Fsp3) is 0.765. The largest absolute Gasteiger partial charge is 0.465 e. The zero-order valence-corrected chi connectivity index (χ0v) is 12.1. The van der Waals surface area contributed by atoms with Crippen LogP contribution in [-0.4, -0.2) is 6.79 Å². The number of hydrogen-bond acceptors (Lipinski definition) is 2. The second-order valence-corrected chi connectivity index (χ2v) is 5.90. The normalized spacial score (nSPS) is 23.2. The van der Waals surface area contributed by atoms with Crippen LogP contribution >= 0.6 is 0 Å². The molecule has 108 valence electrons. The van der Waals surface area contributed by atoms with E-state index in [2.05, 4.69) is 12.2 Å². The zero-order chi connectivity index (χ0) is 13.2. The maximum absolute atomic E-state index is 5.37. The predicted molar refractivity (Wildman–Crippen MR) is 78.5 cm³/mol. The minimum absolute atomic E-state index is 0.340. The van der Waals surface area contributed by atoms with Gasteiger partial charge in [0.25, 0.3) is 0 Å². The Labute approximate surface area is 117 Å². The highest BCUT2D eigenvalue weighted by atomic mass is 16.7. The molecule has 0 aromatic rings. The van der Waals surface area contributed by atoms with Crippen molar-refractivity contribution in [2.24, 2.45) is 11.8 Å². The topological polar surface area (TPSA) is 18.5 Å². The standard InChI is InChI=1S/C17H28O2/c1-3-7-16(8-4-1)11-13-18-15-19-14-12-17-9-5-2-6-10-17/h11-14,16-17H,1-10,15H2. The molecule has 2 aliphatic carbocycles. The summed E-state index contributed by atoms with van der Waals surface area (Å²) in [6.07, 6.45) is 21.6. The van der Waals surface area contributed by atoms with Gasteiger partial charge in [-0.3, -0.25) is 0 Å². The lowest BCUT2D eigenvalue weighted by Gasteiger charge is -2.17. The van der Waals surface area contributed by atoms with E-state index in [-0.39, 0.29) is 0 Å². The Bertz CT molecular complexity index is 243. The van der Waals surface area contributed by atoms with Crippen molar-refractivity contribution >= 4 is 0 Å². The summed E-state index contributed by atoms with van der Waals surface area (Å²) in [5.41, 5.74) is 0. The van der Waals surface area contributed by atoms with Crippen molar-refractivity contribution in [2.75, 3.05) is 6.79 Å². The summed E-state index contributed by atoms with van der Waals surface area (Å²) in [4.78, 5) is 0. The van der Waals surface area contributed by atoms with Gasteiger partial charge in [0.2, 0.25) is 6.79 Å². The first kappa shape index (κ1) is 14.5. The van der Waals surface area contributed by atoms with Crippen molar-refractivity contribution in [3.8, 4) is 0 Å². The van der Waals surface area contributed by atoms with E-state index in [0.29, 0.717) is 6.79 Å². The van der Waals surface area contributed by atoms with Crippen LogP contribution in [0.3, 0.4) is 0 Å². The van der Waals surface area contributed by atoms with Gasteiger partial charge in [-0.1, -0.05) is 38.5 Å². The Morgan fingerprint density at radius 2 is 1.05 bits per heavy atom.